The minimum absolute atomic E-state index is 0.0698. The molecule has 0 bridgehead atoms. The Labute approximate surface area is 146 Å². The maximum Gasteiger partial charge on any atom is 0.303 e. The van der Waals surface area contributed by atoms with Gasteiger partial charge in [-0.05, 0) is 25.7 Å². The van der Waals surface area contributed by atoms with Gasteiger partial charge in [0.15, 0.2) is 0 Å². The van der Waals surface area contributed by atoms with Crippen LogP contribution in [0.5, 0.6) is 0 Å². The van der Waals surface area contributed by atoms with E-state index in [4.69, 9.17) is 5.11 Å². The van der Waals surface area contributed by atoms with Gasteiger partial charge in [0.2, 0.25) is 10.0 Å². The minimum atomic E-state index is -3.33. The Bertz CT molecular complexity index is 507. The second-order valence-corrected chi connectivity index (χ2v) is 7.97. The molecule has 0 unspecified atom stereocenters. The van der Waals surface area contributed by atoms with E-state index in [1.807, 2.05) is 0 Å². The third kappa shape index (κ3) is 13.3. The number of sulfonamides is 1. The van der Waals surface area contributed by atoms with Crippen LogP contribution in [0.25, 0.3) is 0 Å². The van der Waals surface area contributed by atoms with Crippen LogP contribution in [0.2, 0.25) is 0 Å². The van der Waals surface area contributed by atoms with Gasteiger partial charge in [0.1, 0.15) is 0 Å². The van der Waals surface area contributed by atoms with E-state index < -0.39 is 16.0 Å². The highest BCUT2D eigenvalue weighted by Crippen LogP contribution is 2.10. The molecule has 0 aromatic heterocycles. The lowest BCUT2D eigenvalue weighted by atomic mass is 10.1. The number of hydrogen-bond donors (Lipinski definition) is 2. The molecule has 0 saturated heterocycles. The van der Waals surface area contributed by atoms with E-state index in [-0.39, 0.29) is 19.1 Å². The topological polar surface area (TPSA) is 94.9 Å². The summed E-state index contributed by atoms with van der Waals surface area (Å²) in [5.74, 6) is 4.74. The van der Waals surface area contributed by atoms with E-state index in [1.54, 1.807) is 0 Å². The molecular weight excluding hydrogens is 330 g/mol. The van der Waals surface area contributed by atoms with E-state index in [0.29, 0.717) is 32.2 Å². The molecule has 0 radical (unpaired) electrons. The first-order valence-electron chi connectivity index (χ1n) is 8.58. The standard InChI is InChI=1S/C17H31NO5S/c1-3-4-7-11-16(19)12-10-15-18(24(2,22)23)14-9-6-5-8-13-17(20)21/h16,19H,3-5,7-8,10-15H2,1-2H3,(H,20,21)/t16-/m1/s1. The van der Waals surface area contributed by atoms with Gasteiger partial charge in [-0.2, -0.15) is 4.31 Å². The van der Waals surface area contributed by atoms with Crippen LogP contribution in [0.3, 0.4) is 0 Å². The lowest BCUT2D eigenvalue weighted by Gasteiger charge is -2.18. The molecule has 0 spiro atoms. The summed E-state index contributed by atoms with van der Waals surface area (Å²) >= 11 is 0. The Morgan fingerprint density at radius 2 is 1.79 bits per heavy atom. The zero-order valence-electron chi connectivity index (χ0n) is 14.8. The highest BCUT2D eigenvalue weighted by Gasteiger charge is 2.15. The van der Waals surface area contributed by atoms with Crippen molar-refractivity contribution in [1.82, 2.24) is 4.31 Å². The van der Waals surface area contributed by atoms with Gasteiger partial charge in [-0.15, -0.1) is 5.92 Å². The molecule has 0 aromatic carbocycles. The van der Waals surface area contributed by atoms with Crippen molar-refractivity contribution in [3.05, 3.63) is 0 Å². The number of hydrogen-bond acceptors (Lipinski definition) is 4. The van der Waals surface area contributed by atoms with Crippen LogP contribution in [0, 0.1) is 11.8 Å². The normalized spacial score (nSPS) is 12.7. The number of nitrogens with zero attached hydrogens (tertiary/aromatic N) is 1. The molecule has 7 heteroatoms. The number of rotatable bonds is 13. The van der Waals surface area contributed by atoms with Gasteiger partial charge in [-0.3, -0.25) is 4.79 Å². The minimum Gasteiger partial charge on any atom is -0.481 e. The largest absolute Gasteiger partial charge is 0.481 e. The molecule has 0 aliphatic carbocycles. The average Bonchev–Trinajstić information content (AvgIpc) is 2.47. The smallest absolute Gasteiger partial charge is 0.303 e. The lowest BCUT2D eigenvalue weighted by Crippen LogP contribution is -2.31. The van der Waals surface area contributed by atoms with Crippen molar-refractivity contribution in [3.8, 4) is 11.8 Å². The first-order valence-corrected chi connectivity index (χ1v) is 10.4. The maximum absolute atomic E-state index is 11.7. The van der Waals surface area contributed by atoms with Crippen molar-refractivity contribution in [2.45, 2.75) is 70.8 Å². The molecule has 0 amide bonds. The molecule has 140 valence electrons. The summed E-state index contributed by atoms with van der Waals surface area (Å²) in [5.41, 5.74) is 0. The molecule has 0 rings (SSSR count). The third-order valence-corrected chi connectivity index (χ3v) is 4.88. The molecule has 0 aromatic rings. The summed E-state index contributed by atoms with van der Waals surface area (Å²) in [6.07, 6.45) is 6.90. The van der Waals surface area contributed by atoms with E-state index >= 15 is 0 Å². The summed E-state index contributed by atoms with van der Waals surface area (Å²) in [4.78, 5) is 10.4. The summed E-state index contributed by atoms with van der Waals surface area (Å²) in [5, 5.41) is 18.4. The van der Waals surface area contributed by atoms with Crippen LogP contribution >= 0.6 is 0 Å². The number of carboxylic acid groups (broad SMARTS) is 1. The van der Waals surface area contributed by atoms with Crippen molar-refractivity contribution in [1.29, 1.82) is 0 Å². The van der Waals surface area contributed by atoms with Gasteiger partial charge in [0, 0.05) is 19.4 Å². The summed E-state index contributed by atoms with van der Waals surface area (Å²) in [6, 6.07) is 0. The Morgan fingerprint density at radius 3 is 2.38 bits per heavy atom. The third-order valence-electron chi connectivity index (χ3n) is 3.63. The predicted molar refractivity (Wildman–Crippen MR) is 95.1 cm³/mol. The summed E-state index contributed by atoms with van der Waals surface area (Å²) in [6.45, 7) is 2.56. The predicted octanol–water partition coefficient (Wildman–Crippen LogP) is 2.23. The number of aliphatic carboxylic acids is 1. The summed E-state index contributed by atoms with van der Waals surface area (Å²) < 4.78 is 24.8. The fourth-order valence-corrected chi connectivity index (χ4v) is 2.96. The van der Waals surface area contributed by atoms with E-state index in [0.717, 1.165) is 31.9 Å². The van der Waals surface area contributed by atoms with Crippen molar-refractivity contribution in [2.24, 2.45) is 0 Å². The Hall–Kier alpha value is -1.10. The Kier molecular flexibility index (Phi) is 12.6. The van der Waals surface area contributed by atoms with Gasteiger partial charge in [0.05, 0.1) is 18.9 Å². The monoisotopic (exact) mass is 361 g/mol. The molecule has 0 heterocycles. The SMILES string of the molecule is CCCCC[C@@H](O)CCCN(CC#CCCCC(=O)O)S(C)(=O)=O. The zero-order valence-corrected chi connectivity index (χ0v) is 15.6. The Morgan fingerprint density at radius 1 is 1.12 bits per heavy atom. The van der Waals surface area contributed by atoms with E-state index in [1.165, 1.54) is 4.31 Å². The van der Waals surface area contributed by atoms with Crippen LogP contribution in [0.4, 0.5) is 0 Å². The quantitative estimate of drug-likeness (QED) is 0.387. The number of carbonyl (C=O) groups is 1. The maximum atomic E-state index is 11.7. The number of unbranched alkanes of at least 4 members (excludes halogenated alkanes) is 3. The Balaban J connectivity index is 4.16. The van der Waals surface area contributed by atoms with Crippen molar-refractivity contribution >= 4 is 16.0 Å². The van der Waals surface area contributed by atoms with Gasteiger partial charge in [-0.1, -0.05) is 32.1 Å². The van der Waals surface area contributed by atoms with Crippen LogP contribution in [-0.4, -0.2) is 54.4 Å². The first-order chi connectivity index (χ1) is 11.3. The van der Waals surface area contributed by atoms with Crippen LogP contribution in [0.15, 0.2) is 0 Å². The van der Waals surface area contributed by atoms with Gasteiger partial charge >= 0.3 is 5.97 Å². The van der Waals surface area contributed by atoms with E-state index in [9.17, 15) is 18.3 Å². The average molecular weight is 362 g/mol. The fourth-order valence-electron chi connectivity index (χ4n) is 2.20. The summed E-state index contributed by atoms with van der Waals surface area (Å²) in [7, 11) is -3.33. The second kappa shape index (κ2) is 13.2. The molecule has 0 aliphatic rings. The molecule has 0 saturated carbocycles. The molecular formula is C17H31NO5S. The van der Waals surface area contributed by atoms with Crippen LogP contribution in [0.1, 0.15) is 64.7 Å². The molecule has 24 heavy (non-hydrogen) atoms. The van der Waals surface area contributed by atoms with Gasteiger partial charge in [-0.25, -0.2) is 8.42 Å². The van der Waals surface area contributed by atoms with Crippen LogP contribution in [-0.2, 0) is 14.8 Å². The number of aliphatic hydroxyl groups is 1. The molecule has 0 aliphatic heterocycles. The number of carboxylic acids is 1. The van der Waals surface area contributed by atoms with Crippen molar-refractivity contribution in [3.63, 3.8) is 0 Å². The van der Waals surface area contributed by atoms with Gasteiger partial charge < -0.3 is 10.2 Å². The molecule has 2 N–H and O–H groups in total. The fraction of sp³-hybridized carbons (Fsp3) is 0.824. The highest BCUT2D eigenvalue weighted by atomic mass is 32.2. The molecule has 1 atom stereocenters. The highest BCUT2D eigenvalue weighted by molar-refractivity contribution is 7.88. The van der Waals surface area contributed by atoms with Crippen LogP contribution < -0.4 is 0 Å². The van der Waals surface area contributed by atoms with Crippen molar-refractivity contribution in [2.75, 3.05) is 19.3 Å². The second-order valence-electron chi connectivity index (χ2n) is 5.99. The molecule has 0 fully saturated rings. The van der Waals surface area contributed by atoms with Gasteiger partial charge in [0.25, 0.3) is 0 Å². The zero-order chi connectivity index (χ0) is 18.4. The number of aliphatic hydroxyl groups excluding tert-OH is 1. The van der Waals surface area contributed by atoms with Crippen molar-refractivity contribution < 1.29 is 23.4 Å². The first kappa shape index (κ1) is 22.9. The van der Waals surface area contributed by atoms with E-state index in [2.05, 4.69) is 18.8 Å². The molecule has 6 nitrogen and oxygen atoms in total. The lowest BCUT2D eigenvalue weighted by molar-refractivity contribution is -0.137.